The van der Waals surface area contributed by atoms with Crippen LogP contribution in [-0.4, -0.2) is 16.8 Å². The lowest BCUT2D eigenvalue weighted by atomic mass is 10.1. The third kappa shape index (κ3) is 3.40. The van der Waals surface area contributed by atoms with Crippen LogP contribution in [0.15, 0.2) is 60.7 Å². The van der Waals surface area contributed by atoms with Crippen LogP contribution in [0.5, 0.6) is 0 Å². The average molecular weight is 383 g/mol. The first-order valence-corrected chi connectivity index (χ1v) is 9.76. The lowest BCUT2D eigenvalue weighted by molar-refractivity contribution is -0.133. The highest BCUT2D eigenvalue weighted by molar-refractivity contribution is 7.15. The summed E-state index contributed by atoms with van der Waals surface area (Å²) in [4.78, 5) is 16.8. The number of thiophene rings is 1. The van der Waals surface area contributed by atoms with Gasteiger partial charge in [-0.3, -0.25) is 4.79 Å². The smallest absolute Gasteiger partial charge is 0.240 e. The third-order valence-corrected chi connectivity index (χ3v) is 6.16. The van der Waals surface area contributed by atoms with Gasteiger partial charge in [-0.15, -0.1) is 11.3 Å². The number of halogens is 1. The SMILES string of the molecule is N[C@H](Cc1ccc(-c2ccccc2Cl)s1)C(=O)N1Cc2ccccc2C1. The number of nitrogens with two attached hydrogens (primary N) is 1. The molecular formula is C21H19ClN2OS. The Morgan fingerprint density at radius 2 is 1.69 bits per heavy atom. The minimum Gasteiger partial charge on any atom is -0.333 e. The lowest BCUT2D eigenvalue weighted by Crippen LogP contribution is -2.42. The molecule has 2 N–H and O–H groups in total. The molecular weight excluding hydrogens is 364 g/mol. The van der Waals surface area contributed by atoms with Crippen molar-refractivity contribution >= 4 is 28.8 Å². The highest BCUT2D eigenvalue weighted by Gasteiger charge is 2.27. The topological polar surface area (TPSA) is 46.3 Å². The van der Waals surface area contributed by atoms with Crippen LogP contribution >= 0.6 is 22.9 Å². The maximum absolute atomic E-state index is 12.7. The molecule has 0 spiro atoms. The standard InChI is InChI=1S/C21H19ClN2OS/c22-18-8-4-3-7-17(18)20-10-9-16(26-20)11-19(23)21(25)24-12-14-5-1-2-6-15(14)13-24/h1-10,19H,11-13,23H2/t19-/m1/s1. The van der Waals surface area contributed by atoms with Crippen molar-refractivity contribution in [3.05, 3.63) is 81.7 Å². The van der Waals surface area contributed by atoms with Crippen molar-refractivity contribution in [3.8, 4) is 10.4 Å². The van der Waals surface area contributed by atoms with Gasteiger partial charge in [0.1, 0.15) is 0 Å². The Kier molecular flexibility index (Phi) is 4.81. The van der Waals surface area contributed by atoms with Crippen LogP contribution in [0.3, 0.4) is 0 Å². The van der Waals surface area contributed by atoms with Gasteiger partial charge in [0.2, 0.25) is 5.91 Å². The summed E-state index contributed by atoms with van der Waals surface area (Å²) >= 11 is 7.92. The van der Waals surface area contributed by atoms with Crippen molar-refractivity contribution in [1.82, 2.24) is 4.90 Å². The van der Waals surface area contributed by atoms with Gasteiger partial charge in [0.15, 0.2) is 0 Å². The van der Waals surface area contributed by atoms with Gasteiger partial charge < -0.3 is 10.6 Å². The van der Waals surface area contributed by atoms with Crippen molar-refractivity contribution in [2.24, 2.45) is 5.73 Å². The van der Waals surface area contributed by atoms with Crippen molar-refractivity contribution in [3.63, 3.8) is 0 Å². The van der Waals surface area contributed by atoms with Gasteiger partial charge in [-0.1, -0.05) is 54.1 Å². The number of hydrogen-bond donors (Lipinski definition) is 1. The predicted molar refractivity (Wildman–Crippen MR) is 107 cm³/mol. The highest BCUT2D eigenvalue weighted by atomic mass is 35.5. The number of rotatable bonds is 4. The van der Waals surface area contributed by atoms with Gasteiger partial charge in [-0.25, -0.2) is 0 Å². The number of carbonyl (C=O) groups excluding carboxylic acids is 1. The fourth-order valence-electron chi connectivity index (χ4n) is 3.32. The molecule has 1 amide bonds. The van der Waals surface area contributed by atoms with E-state index in [-0.39, 0.29) is 5.91 Å². The van der Waals surface area contributed by atoms with Gasteiger partial charge >= 0.3 is 0 Å². The van der Waals surface area contributed by atoms with E-state index < -0.39 is 6.04 Å². The van der Waals surface area contributed by atoms with E-state index in [2.05, 4.69) is 12.1 Å². The molecule has 4 rings (SSSR count). The molecule has 0 saturated carbocycles. The summed E-state index contributed by atoms with van der Waals surface area (Å²) in [6, 6.07) is 19.5. The van der Waals surface area contributed by atoms with E-state index in [1.54, 1.807) is 11.3 Å². The number of hydrogen-bond acceptors (Lipinski definition) is 3. The van der Waals surface area contributed by atoms with Crippen molar-refractivity contribution in [2.75, 3.05) is 0 Å². The Morgan fingerprint density at radius 3 is 2.38 bits per heavy atom. The van der Waals surface area contributed by atoms with Gasteiger partial charge in [0.25, 0.3) is 0 Å². The van der Waals surface area contributed by atoms with E-state index in [0.29, 0.717) is 19.5 Å². The van der Waals surface area contributed by atoms with E-state index in [9.17, 15) is 4.79 Å². The molecule has 3 aromatic rings. The second-order valence-electron chi connectivity index (χ2n) is 6.52. The zero-order valence-electron chi connectivity index (χ0n) is 14.2. The van der Waals surface area contributed by atoms with Crippen LogP contribution in [0.1, 0.15) is 16.0 Å². The molecule has 0 radical (unpaired) electrons. The molecule has 0 fully saturated rings. The van der Waals surface area contributed by atoms with Gasteiger partial charge in [-0.2, -0.15) is 0 Å². The van der Waals surface area contributed by atoms with Crippen LogP contribution in [0.4, 0.5) is 0 Å². The summed E-state index contributed by atoms with van der Waals surface area (Å²) < 4.78 is 0. The lowest BCUT2D eigenvalue weighted by Gasteiger charge is -2.20. The molecule has 0 saturated heterocycles. The molecule has 26 heavy (non-hydrogen) atoms. The minimum absolute atomic E-state index is 0.00823. The van der Waals surface area contributed by atoms with Crippen LogP contribution in [-0.2, 0) is 24.3 Å². The molecule has 2 aromatic carbocycles. The van der Waals surface area contributed by atoms with Gasteiger partial charge in [-0.05, 0) is 29.3 Å². The molecule has 0 aliphatic carbocycles. The number of fused-ring (bicyclic) bond motifs is 1. The van der Waals surface area contributed by atoms with Crippen LogP contribution in [0.25, 0.3) is 10.4 Å². The van der Waals surface area contributed by atoms with E-state index in [1.807, 2.05) is 53.4 Å². The van der Waals surface area contributed by atoms with Gasteiger partial charge in [0.05, 0.1) is 6.04 Å². The van der Waals surface area contributed by atoms with Crippen molar-refractivity contribution < 1.29 is 4.79 Å². The molecule has 1 aliphatic rings. The minimum atomic E-state index is -0.526. The molecule has 0 unspecified atom stereocenters. The molecule has 5 heteroatoms. The summed E-state index contributed by atoms with van der Waals surface area (Å²) in [6.07, 6.45) is 0.542. The zero-order valence-corrected chi connectivity index (χ0v) is 15.8. The van der Waals surface area contributed by atoms with E-state index in [1.165, 1.54) is 11.1 Å². The normalized spacial score (nSPS) is 14.3. The summed E-state index contributed by atoms with van der Waals surface area (Å²) in [5, 5.41) is 0.733. The molecule has 132 valence electrons. The summed E-state index contributed by atoms with van der Waals surface area (Å²) in [6.45, 7) is 1.30. The summed E-state index contributed by atoms with van der Waals surface area (Å²) in [5.74, 6) is 0.00823. The molecule has 1 aliphatic heterocycles. The van der Waals surface area contributed by atoms with Crippen molar-refractivity contribution in [2.45, 2.75) is 25.6 Å². The zero-order chi connectivity index (χ0) is 18.1. The Balaban J connectivity index is 1.43. The molecule has 3 nitrogen and oxygen atoms in total. The summed E-state index contributed by atoms with van der Waals surface area (Å²) in [7, 11) is 0. The predicted octanol–water partition coefficient (Wildman–Crippen LogP) is 4.48. The average Bonchev–Trinajstić information content (AvgIpc) is 3.28. The van der Waals surface area contributed by atoms with Crippen LogP contribution in [0, 0.1) is 0 Å². The first kappa shape index (κ1) is 17.3. The fraction of sp³-hybridized carbons (Fsp3) is 0.190. The third-order valence-electron chi connectivity index (χ3n) is 4.69. The summed E-state index contributed by atoms with van der Waals surface area (Å²) in [5.41, 5.74) is 9.67. The Morgan fingerprint density at radius 1 is 1.04 bits per heavy atom. The Hall–Kier alpha value is -2.14. The monoisotopic (exact) mass is 382 g/mol. The second-order valence-corrected chi connectivity index (χ2v) is 8.09. The van der Waals surface area contributed by atoms with E-state index >= 15 is 0 Å². The molecule has 1 atom stereocenters. The maximum Gasteiger partial charge on any atom is 0.240 e. The second kappa shape index (κ2) is 7.23. The number of nitrogens with zero attached hydrogens (tertiary/aromatic N) is 1. The number of benzene rings is 2. The first-order chi connectivity index (χ1) is 12.6. The van der Waals surface area contributed by atoms with Gasteiger partial charge in [0, 0.05) is 39.9 Å². The first-order valence-electron chi connectivity index (χ1n) is 8.56. The molecule has 2 heterocycles. The van der Waals surface area contributed by atoms with E-state index in [0.717, 1.165) is 20.3 Å². The van der Waals surface area contributed by atoms with Crippen LogP contribution in [0.2, 0.25) is 5.02 Å². The molecule has 0 bridgehead atoms. The Bertz CT molecular complexity index is 927. The van der Waals surface area contributed by atoms with Crippen molar-refractivity contribution in [1.29, 1.82) is 0 Å². The molecule has 1 aromatic heterocycles. The number of carbonyl (C=O) groups is 1. The highest BCUT2D eigenvalue weighted by Crippen LogP contribution is 2.33. The Labute approximate surface area is 162 Å². The fourth-order valence-corrected chi connectivity index (χ4v) is 4.72. The quantitative estimate of drug-likeness (QED) is 0.723. The maximum atomic E-state index is 12.7. The largest absolute Gasteiger partial charge is 0.333 e. The van der Waals surface area contributed by atoms with Crippen LogP contribution < -0.4 is 5.73 Å². The van der Waals surface area contributed by atoms with E-state index in [4.69, 9.17) is 17.3 Å². The number of amides is 1.